The summed E-state index contributed by atoms with van der Waals surface area (Å²) in [6.07, 6.45) is 3.93. The van der Waals surface area contributed by atoms with E-state index in [0.29, 0.717) is 22.7 Å². The van der Waals surface area contributed by atoms with Crippen LogP contribution in [0.25, 0.3) is 0 Å². The normalized spacial score (nSPS) is 17.2. The molecule has 2 aromatic carbocycles. The molecule has 0 radical (unpaired) electrons. The molecule has 168 valence electrons. The molecule has 7 nitrogen and oxygen atoms in total. The van der Waals surface area contributed by atoms with Crippen molar-refractivity contribution in [3.05, 3.63) is 48.0 Å². The van der Waals surface area contributed by atoms with Crippen molar-refractivity contribution in [3.8, 4) is 5.75 Å². The molecule has 1 saturated heterocycles. The Balaban J connectivity index is 1.81. The fraction of sp³-hybridized carbons (Fsp3) is 0.435. The van der Waals surface area contributed by atoms with Gasteiger partial charge in [-0.15, -0.1) is 0 Å². The van der Waals surface area contributed by atoms with E-state index in [1.165, 1.54) is 13.2 Å². The average Bonchev–Trinajstić information content (AvgIpc) is 2.75. The third kappa shape index (κ3) is 5.57. The summed E-state index contributed by atoms with van der Waals surface area (Å²) in [5.41, 5.74) is 1.42. The standard InChI is InChI=1S/C23H31N3O4S/c1-4-14-26-15-8-7-10-20(26)23(27)24-18-13-12-17(2)22(16-18)31(28,29)25-19-9-5-6-11-21(19)30-3/h5-6,9,11-13,16,20,25H,4,7-8,10,14-15H2,1-3H3,(H,24,27). The smallest absolute Gasteiger partial charge is 0.262 e. The Labute approximate surface area is 184 Å². The van der Waals surface area contributed by atoms with Gasteiger partial charge in [0, 0.05) is 5.69 Å². The van der Waals surface area contributed by atoms with E-state index < -0.39 is 10.0 Å². The summed E-state index contributed by atoms with van der Waals surface area (Å²) >= 11 is 0. The summed E-state index contributed by atoms with van der Waals surface area (Å²) in [4.78, 5) is 15.3. The molecule has 31 heavy (non-hydrogen) atoms. The number of benzene rings is 2. The summed E-state index contributed by atoms with van der Waals surface area (Å²) in [7, 11) is -2.38. The number of amides is 1. The van der Waals surface area contributed by atoms with Crippen molar-refractivity contribution >= 4 is 27.3 Å². The van der Waals surface area contributed by atoms with Gasteiger partial charge in [-0.3, -0.25) is 14.4 Å². The van der Waals surface area contributed by atoms with Crippen LogP contribution in [0.15, 0.2) is 47.4 Å². The number of carbonyl (C=O) groups is 1. The Bertz CT molecular complexity index is 1020. The molecule has 1 amide bonds. The number of likely N-dealkylation sites (tertiary alicyclic amines) is 1. The lowest BCUT2D eigenvalue weighted by Gasteiger charge is -2.34. The van der Waals surface area contributed by atoms with Crippen LogP contribution in [-0.2, 0) is 14.8 Å². The number of carbonyl (C=O) groups excluding carboxylic acids is 1. The number of hydrogen-bond donors (Lipinski definition) is 2. The lowest BCUT2D eigenvalue weighted by atomic mass is 10.0. The highest BCUT2D eigenvalue weighted by Crippen LogP contribution is 2.28. The number of hydrogen-bond acceptors (Lipinski definition) is 5. The molecule has 0 aliphatic carbocycles. The number of nitrogens with zero attached hydrogens (tertiary/aromatic N) is 1. The topological polar surface area (TPSA) is 87.7 Å². The Morgan fingerprint density at radius 3 is 2.71 bits per heavy atom. The summed E-state index contributed by atoms with van der Waals surface area (Å²) in [6.45, 7) is 5.64. The van der Waals surface area contributed by atoms with Crippen molar-refractivity contribution in [1.82, 2.24) is 4.90 Å². The Morgan fingerprint density at radius 2 is 1.97 bits per heavy atom. The largest absolute Gasteiger partial charge is 0.495 e. The monoisotopic (exact) mass is 445 g/mol. The van der Waals surface area contributed by atoms with Crippen LogP contribution in [0.3, 0.4) is 0 Å². The van der Waals surface area contributed by atoms with Crippen LogP contribution in [-0.4, -0.2) is 45.5 Å². The van der Waals surface area contributed by atoms with Crippen molar-refractivity contribution in [3.63, 3.8) is 0 Å². The summed E-state index contributed by atoms with van der Waals surface area (Å²) < 4.78 is 34.0. The van der Waals surface area contributed by atoms with Gasteiger partial charge in [0.05, 0.1) is 23.7 Å². The highest BCUT2D eigenvalue weighted by atomic mass is 32.2. The van der Waals surface area contributed by atoms with Gasteiger partial charge >= 0.3 is 0 Å². The predicted molar refractivity (Wildman–Crippen MR) is 123 cm³/mol. The first-order valence-electron chi connectivity index (χ1n) is 10.7. The molecule has 1 aliphatic heterocycles. The van der Waals surface area contributed by atoms with E-state index in [4.69, 9.17) is 4.74 Å². The first-order valence-corrected chi connectivity index (χ1v) is 12.2. The number of aryl methyl sites for hydroxylation is 1. The number of methoxy groups -OCH3 is 1. The van der Waals surface area contributed by atoms with Gasteiger partial charge in [0.2, 0.25) is 5.91 Å². The SMILES string of the molecule is CCCN1CCCCC1C(=O)Nc1ccc(C)c(S(=O)(=O)Nc2ccccc2OC)c1. The van der Waals surface area contributed by atoms with E-state index in [0.717, 1.165) is 38.8 Å². The molecular formula is C23H31N3O4S. The maximum absolute atomic E-state index is 13.1. The molecule has 0 saturated carbocycles. The Morgan fingerprint density at radius 1 is 1.19 bits per heavy atom. The zero-order valence-electron chi connectivity index (χ0n) is 18.3. The van der Waals surface area contributed by atoms with Gasteiger partial charge in [-0.2, -0.15) is 0 Å². The van der Waals surface area contributed by atoms with Gasteiger partial charge in [-0.05, 0) is 69.1 Å². The number of ether oxygens (including phenoxy) is 1. The number of rotatable bonds is 8. The minimum Gasteiger partial charge on any atom is -0.495 e. The zero-order valence-corrected chi connectivity index (χ0v) is 19.2. The number of para-hydroxylation sites is 2. The lowest BCUT2D eigenvalue weighted by molar-refractivity contribution is -0.122. The molecule has 8 heteroatoms. The van der Waals surface area contributed by atoms with Crippen molar-refractivity contribution in [2.75, 3.05) is 30.2 Å². The van der Waals surface area contributed by atoms with Gasteiger partial charge in [0.15, 0.2) is 0 Å². The number of piperidine rings is 1. The third-order valence-electron chi connectivity index (χ3n) is 5.52. The predicted octanol–water partition coefficient (Wildman–Crippen LogP) is 4.01. The van der Waals surface area contributed by atoms with Gasteiger partial charge in [0.25, 0.3) is 10.0 Å². The van der Waals surface area contributed by atoms with Crippen molar-refractivity contribution < 1.29 is 17.9 Å². The van der Waals surface area contributed by atoms with Gasteiger partial charge in [0.1, 0.15) is 5.75 Å². The van der Waals surface area contributed by atoms with Crippen LogP contribution in [0, 0.1) is 6.92 Å². The molecule has 1 aliphatic rings. The maximum atomic E-state index is 13.1. The number of nitrogens with one attached hydrogen (secondary N) is 2. The van der Waals surface area contributed by atoms with Crippen molar-refractivity contribution in [2.45, 2.75) is 50.5 Å². The second-order valence-corrected chi connectivity index (χ2v) is 9.47. The van der Waals surface area contributed by atoms with Crippen LogP contribution in [0.5, 0.6) is 5.75 Å². The summed E-state index contributed by atoms with van der Waals surface area (Å²) in [5.74, 6) is 0.347. The average molecular weight is 446 g/mol. The van der Waals surface area contributed by atoms with Gasteiger partial charge < -0.3 is 10.1 Å². The third-order valence-corrected chi connectivity index (χ3v) is 7.03. The summed E-state index contributed by atoms with van der Waals surface area (Å²) in [6, 6.07) is 11.6. The molecule has 0 bridgehead atoms. The Hall–Kier alpha value is -2.58. The van der Waals surface area contributed by atoms with Crippen LogP contribution in [0.4, 0.5) is 11.4 Å². The minimum atomic E-state index is -3.87. The van der Waals surface area contributed by atoms with E-state index in [1.807, 2.05) is 0 Å². The molecule has 3 rings (SSSR count). The maximum Gasteiger partial charge on any atom is 0.262 e. The molecule has 1 heterocycles. The Kier molecular flexibility index (Phi) is 7.56. The second kappa shape index (κ2) is 10.2. The minimum absolute atomic E-state index is 0.0851. The second-order valence-electron chi connectivity index (χ2n) is 7.82. The van der Waals surface area contributed by atoms with Gasteiger partial charge in [-0.25, -0.2) is 8.42 Å². The van der Waals surface area contributed by atoms with E-state index in [9.17, 15) is 13.2 Å². The highest BCUT2D eigenvalue weighted by Gasteiger charge is 2.28. The number of anilines is 2. The molecule has 1 unspecified atom stereocenters. The van der Waals surface area contributed by atoms with Crippen molar-refractivity contribution in [1.29, 1.82) is 0 Å². The molecular weight excluding hydrogens is 414 g/mol. The molecule has 0 aromatic heterocycles. The van der Waals surface area contributed by atoms with Crippen molar-refractivity contribution in [2.24, 2.45) is 0 Å². The molecule has 1 fully saturated rings. The van der Waals surface area contributed by atoms with Crippen LogP contribution in [0.1, 0.15) is 38.2 Å². The zero-order chi connectivity index (χ0) is 22.4. The molecule has 1 atom stereocenters. The first kappa shape index (κ1) is 23.1. The molecule has 2 aromatic rings. The van der Waals surface area contributed by atoms with Crippen LogP contribution >= 0.6 is 0 Å². The highest BCUT2D eigenvalue weighted by molar-refractivity contribution is 7.92. The van der Waals surface area contributed by atoms with E-state index >= 15 is 0 Å². The fourth-order valence-corrected chi connectivity index (χ4v) is 5.31. The first-order chi connectivity index (χ1) is 14.9. The number of sulfonamides is 1. The van der Waals surface area contributed by atoms with Crippen LogP contribution in [0.2, 0.25) is 0 Å². The van der Waals surface area contributed by atoms with E-state index in [-0.39, 0.29) is 16.8 Å². The molecule has 0 spiro atoms. The van der Waals surface area contributed by atoms with Gasteiger partial charge in [-0.1, -0.05) is 31.5 Å². The van der Waals surface area contributed by atoms with E-state index in [2.05, 4.69) is 21.9 Å². The quantitative estimate of drug-likeness (QED) is 0.641. The molecule has 2 N–H and O–H groups in total. The van der Waals surface area contributed by atoms with Crippen LogP contribution < -0.4 is 14.8 Å². The lowest BCUT2D eigenvalue weighted by Crippen LogP contribution is -2.47. The summed E-state index contributed by atoms with van der Waals surface area (Å²) in [5, 5.41) is 2.93. The van der Waals surface area contributed by atoms with E-state index in [1.54, 1.807) is 43.3 Å². The fourth-order valence-electron chi connectivity index (χ4n) is 3.96.